The summed E-state index contributed by atoms with van der Waals surface area (Å²) in [6.07, 6.45) is 2.23. The molecular formula is C17H11F2NO5. The molecular weight excluding hydrogens is 336 g/mol. The summed E-state index contributed by atoms with van der Waals surface area (Å²) in [5.41, 5.74) is -0.281. The van der Waals surface area contributed by atoms with Crippen LogP contribution in [0.5, 0.6) is 0 Å². The first kappa shape index (κ1) is 17.9. The number of benzene rings is 2. The summed E-state index contributed by atoms with van der Waals surface area (Å²) in [5.74, 6) is -3.51. The minimum atomic E-state index is -0.922. The molecule has 2 aromatic carbocycles. The quantitative estimate of drug-likeness (QED) is 0.263. The predicted molar refractivity (Wildman–Crippen MR) is 83.8 cm³/mol. The highest BCUT2D eigenvalue weighted by atomic mass is 19.1. The molecule has 0 aliphatic carbocycles. The highest BCUT2D eigenvalue weighted by molar-refractivity contribution is 5.99. The summed E-state index contributed by atoms with van der Waals surface area (Å²) >= 11 is 0. The average molecular weight is 347 g/mol. The van der Waals surface area contributed by atoms with Gasteiger partial charge in [-0.15, -0.1) is 0 Å². The standard InChI is InChI=1S/C17H11F2NO5/c18-12-5-6-15(19)14(9-12)16(21)10-25-17(22)7-4-11-2-1-3-13(8-11)20(23)24/h1-9H,10H2/b7-4+. The van der Waals surface area contributed by atoms with E-state index in [-0.39, 0.29) is 5.69 Å². The molecule has 25 heavy (non-hydrogen) atoms. The fourth-order valence-electron chi connectivity index (χ4n) is 1.88. The molecule has 0 saturated carbocycles. The third-order valence-corrected chi connectivity index (χ3v) is 3.07. The van der Waals surface area contributed by atoms with Crippen molar-refractivity contribution >= 4 is 23.5 Å². The van der Waals surface area contributed by atoms with Gasteiger partial charge in [0.05, 0.1) is 10.5 Å². The zero-order chi connectivity index (χ0) is 18.4. The summed E-state index contributed by atoms with van der Waals surface area (Å²) in [5, 5.41) is 10.6. The van der Waals surface area contributed by atoms with Gasteiger partial charge in [-0.2, -0.15) is 0 Å². The largest absolute Gasteiger partial charge is 0.454 e. The number of ketones is 1. The lowest BCUT2D eigenvalue weighted by atomic mass is 10.1. The number of nitro groups is 1. The third kappa shape index (κ3) is 5.03. The number of halogens is 2. The topological polar surface area (TPSA) is 86.5 Å². The maximum absolute atomic E-state index is 13.4. The van der Waals surface area contributed by atoms with E-state index in [1.54, 1.807) is 0 Å². The maximum Gasteiger partial charge on any atom is 0.331 e. The first-order chi connectivity index (χ1) is 11.9. The zero-order valence-electron chi connectivity index (χ0n) is 12.6. The van der Waals surface area contributed by atoms with E-state index in [0.717, 1.165) is 18.2 Å². The van der Waals surface area contributed by atoms with Gasteiger partial charge in [0.25, 0.3) is 5.69 Å². The van der Waals surface area contributed by atoms with Gasteiger partial charge in [0.2, 0.25) is 5.78 Å². The third-order valence-electron chi connectivity index (χ3n) is 3.07. The van der Waals surface area contributed by atoms with Gasteiger partial charge in [-0.1, -0.05) is 12.1 Å². The first-order valence-electron chi connectivity index (χ1n) is 6.94. The van der Waals surface area contributed by atoms with Crippen molar-refractivity contribution in [3.63, 3.8) is 0 Å². The molecule has 0 spiro atoms. The molecule has 0 radical (unpaired) electrons. The van der Waals surface area contributed by atoms with Gasteiger partial charge in [-0.05, 0) is 29.8 Å². The minimum absolute atomic E-state index is 0.146. The Morgan fingerprint density at radius 1 is 1.16 bits per heavy atom. The molecule has 0 saturated heterocycles. The van der Waals surface area contributed by atoms with E-state index in [1.165, 1.54) is 30.3 Å². The molecule has 0 aliphatic heterocycles. The number of ether oxygens (including phenoxy) is 1. The van der Waals surface area contributed by atoms with Crippen LogP contribution in [0.3, 0.4) is 0 Å². The van der Waals surface area contributed by atoms with E-state index in [9.17, 15) is 28.5 Å². The summed E-state index contributed by atoms with van der Waals surface area (Å²) in [4.78, 5) is 33.4. The second-order valence-electron chi connectivity index (χ2n) is 4.84. The second-order valence-corrected chi connectivity index (χ2v) is 4.84. The van der Waals surface area contributed by atoms with E-state index in [0.29, 0.717) is 11.6 Å². The Balaban J connectivity index is 1.96. The van der Waals surface area contributed by atoms with Crippen molar-refractivity contribution in [2.75, 3.05) is 6.61 Å². The lowest BCUT2D eigenvalue weighted by Crippen LogP contribution is -2.14. The Morgan fingerprint density at radius 2 is 1.92 bits per heavy atom. The van der Waals surface area contributed by atoms with Gasteiger partial charge in [-0.25, -0.2) is 13.6 Å². The molecule has 6 nitrogen and oxygen atoms in total. The Kier molecular flexibility index (Phi) is 5.67. The molecule has 0 atom stereocenters. The molecule has 0 bridgehead atoms. The van der Waals surface area contributed by atoms with Crippen molar-refractivity contribution < 1.29 is 28.0 Å². The lowest BCUT2D eigenvalue weighted by molar-refractivity contribution is -0.384. The molecule has 0 heterocycles. The zero-order valence-corrected chi connectivity index (χ0v) is 12.6. The van der Waals surface area contributed by atoms with Crippen LogP contribution in [0.15, 0.2) is 48.5 Å². The number of hydrogen-bond acceptors (Lipinski definition) is 5. The normalized spacial score (nSPS) is 10.6. The number of hydrogen-bond donors (Lipinski definition) is 0. The van der Waals surface area contributed by atoms with Crippen molar-refractivity contribution in [3.8, 4) is 0 Å². The number of nitro benzene ring substituents is 1. The van der Waals surface area contributed by atoms with Gasteiger partial charge >= 0.3 is 5.97 Å². The molecule has 8 heteroatoms. The molecule has 2 rings (SSSR count). The molecule has 2 aromatic rings. The molecule has 0 aliphatic rings. The van der Waals surface area contributed by atoms with Crippen molar-refractivity contribution in [1.29, 1.82) is 0 Å². The molecule has 0 amide bonds. The SMILES string of the molecule is O=C(/C=C/c1cccc([N+](=O)[O-])c1)OCC(=O)c1cc(F)ccc1F. The van der Waals surface area contributed by atoms with Gasteiger partial charge in [0, 0.05) is 18.2 Å². The second kappa shape index (κ2) is 7.91. The van der Waals surface area contributed by atoms with Crippen LogP contribution in [0.25, 0.3) is 6.08 Å². The van der Waals surface area contributed by atoms with E-state index in [2.05, 4.69) is 4.74 Å². The number of carbonyl (C=O) groups excluding carboxylic acids is 2. The van der Waals surface area contributed by atoms with E-state index < -0.39 is 40.5 Å². The van der Waals surface area contributed by atoms with Gasteiger partial charge in [-0.3, -0.25) is 14.9 Å². The van der Waals surface area contributed by atoms with Crippen molar-refractivity contribution in [2.24, 2.45) is 0 Å². The van der Waals surface area contributed by atoms with Crippen LogP contribution in [0.2, 0.25) is 0 Å². The maximum atomic E-state index is 13.4. The smallest absolute Gasteiger partial charge is 0.331 e. The van der Waals surface area contributed by atoms with Crippen molar-refractivity contribution in [1.82, 2.24) is 0 Å². The number of esters is 1. The Bertz CT molecular complexity index is 864. The monoisotopic (exact) mass is 347 g/mol. The van der Waals surface area contributed by atoms with Gasteiger partial charge in [0.15, 0.2) is 6.61 Å². The highest BCUT2D eigenvalue weighted by Gasteiger charge is 2.14. The number of rotatable bonds is 6. The van der Waals surface area contributed by atoms with E-state index in [4.69, 9.17) is 0 Å². The molecule has 0 fully saturated rings. The van der Waals surface area contributed by atoms with E-state index in [1.807, 2.05) is 0 Å². The minimum Gasteiger partial charge on any atom is -0.454 e. The fraction of sp³-hybridized carbons (Fsp3) is 0.0588. The van der Waals surface area contributed by atoms with Gasteiger partial charge in [0.1, 0.15) is 11.6 Å². The Hall–Kier alpha value is -3.42. The highest BCUT2D eigenvalue weighted by Crippen LogP contribution is 2.14. The van der Waals surface area contributed by atoms with Crippen LogP contribution in [0.1, 0.15) is 15.9 Å². The molecule has 128 valence electrons. The van der Waals surface area contributed by atoms with Crippen LogP contribution in [0.4, 0.5) is 14.5 Å². The number of non-ortho nitro benzene ring substituents is 1. The van der Waals surface area contributed by atoms with Gasteiger partial charge < -0.3 is 4.74 Å². The molecule has 0 aromatic heterocycles. The number of carbonyl (C=O) groups is 2. The molecule has 0 unspecified atom stereocenters. The summed E-state index contributed by atoms with van der Waals surface area (Å²) in [6.45, 7) is -0.765. The fourth-order valence-corrected chi connectivity index (χ4v) is 1.88. The van der Waals surface area contributed by atoms with E-state index >= 15 is 0 Å². The lowest BCUT2D eigenvalue weighted by Gasteiger charge is -2.03. The first-order valence-corrected chi connectivity index (χ1v) is 6.94. The van der Waals surface area contributed by atoms with Crippen molar-refractivity contribution in [3.05, 3.63) is 81.4 Å². The number of nitrogens with zero attached hydrogens (tertiary/aromatic N) is 1. The summed E-state index contributed by atoms with van der Waals surface area (Å²) in [7, 11) is 0. The Morgan fingerprint density at radius 3 is 2.64 bits per heavy atom. The summed E-state index contributed by atoms with van der Waals surface area (Å²) < 4.78 is 31.1. The van der Waals surface area contributed by atoms with Crippen LogP contribution < -0.4 is 0 Å². The van der Waals surface area contributed by atoms with Crippen LogP contribution in [-0.2, 0) is 9.53 Å². The predicted octanol–water partition coefficient (Wildman–Crippen LogP) is 3.31. The van der Waals surface area contributed by atoms with Crippen LogP contribution in [-0.4, -0.2) is 23.3 Å². The van der Waals surface area contributed by atoms with Crippen LogP contribution >= 0.6 is 0 Å². The summed E-state index contributed by atoms with van der Waals surface area (Å²) in [6, 6.07) is 7.89. The molecule has 0 N–H and O–H groups in total. The number of Topliss-reactive ketones (excluding diaryl/α,β-unsaturated/α-hetero) is 1. The average Bonchev–Trinajstić information content (AvgIpc) is 2.60. The van der Waals surface area contributed by atoms with Crippen LogP contribution in [0, 0.1) is 21.7 Å². The Labute approximate surface area is 140 Å². The van der Waals surface area contributed by atoms with Crippen molar-refractivity contribution in [2.45, 2.75) is 0 Å².